The minimum absolute atomic E-state index is 0.0431. The fraction of sp³-hybridized carbons (Fsp3) is 0.235. The summed E-state index contributed by atoms with van der Waals surface area (Å²) in [6, 6.07) is 9.83. The van der Waals surface area contributed by atoms with Gasteiger partial charge >= 0.3 is 0 Å². The summed E-state index contributed by atoms with van der Waals surface area (Å²) in [4.78, 5) is 14.0. The summed E-state index contributed by atoms with van der Waals surface area (Å²) in [5.41, 5.74) is 2.44. The summed E-state index contributed by atoms with van der Waals surface area (Å²) in [5, 5.41) is 3.10. The maximum Gasteiger partial charge on any atom is 0.246 e. The second-order valence-electron chi connectivity index (χ2n) is 5.47. The Morgan fingerprint density at radius 2 is 1.78 bits per heavy atom. The predicted molar refractivity (Wildman–Crippen MR) is 83.5 cm³/mol. The molecule has 0 radical (unpaired) electrons. The Balaban J connectivity index is 1.70. The third kappa shape index (κ3) is 2.56. The van der Waals surface area contributed by atoms with Gasteiger partial charge in [0.1, 0.15) is 19.0 Å². The Hall–Kier alpha value is -2.76. The number of benzene rings is 2. The average Bonchev–Trinajstić information content (AvgIpc) is 2.58. The lowest BCUT2D eigenvalue weighted by atomic mass is 10.1. The van der Waals surface area contributed by atoms with Crippen LogP contribution in [0.25, 0.3) is 0 Å². The van der Waals surface area contributed by atoms with E-state index in [9.17, 15) is 9.18 Å². The van der Waals surface area contributed by atoms with Crippen LogP contribution in [0.5, 0.6) is 11.5 Å². The monoisotopic (exact) mass is 314 g/mol. The van der Waals surface area contributed by atoms with Crippen LogP contribution >= 0.6 is 0 Å². The number of anilines is 2. The minimum atomic E-state index is -0.291. The topological polar surface area (TPSA) is 50.8 Å². The molecule has 0 saturated carbocycles. The number of fused-ring (bicyclic) bond motifs is 2. The van der Waals surface area contributed by atoms with E-state index in [1.807, 2.05) is 12.1 Å². The Morgan fingerprint density at radius 3 is 2.52 bits per heavy atom. The van der Waals surface area contributed by atoms with Crippen molar-refractivity contribution in [3.8, 4) is 11.5 Å². The van der Waals surface area contributed by atoms with Gasteiger partial charge < -0.3 is 19.7 Å². The number of nitrogens with zero attached hydrogens (tertiary/aromatic N) is 1. The van der Waals surface area contributed by atoms with Crippen molar-refractivity contribution >= 4 is 17.3 Å². The minimum Gasteiger partial charge on any atom is -0.486 e. The summed E-state index contributed by atoms with van der Waals surface area (Å²) in [6.45, 7) is 1.61. The summed E-state index contributed by atoms with van der Waals surface area (Å²) < 4.78 is 24.2. The van der Waals surface area contributed by atoms with E-state index < -0.39 is 0 Å². The molecule has 0 unspecified atom stereocenters. The first-order valence-electron chi connectivity index (χ1n) is 7.43. The number of carbonyl (C=O) groups is 1. The largest absolute Gasteiger partial charge is 0.486 e. The van der Waals surface area contributed by atoms with Crippen LogP contribution in [0.3, 0.4) is 0 Å². The van der Waals surface area contributed by atoms with E-state index in [2.05, 4.69) is 5.32 Å². The molecule has 0 bridgehead atoms. The maximum absolute atomic E-state index is 13.0. The van der Waals surface area contributed by atoms with E-state index in [4.69, 9.17) is 9.47 Å². The number of carbonyl (C=O) groups excluding carboxylic acids is 1. The van der Waals surface area contributed by atoms with Gasteiger partial charge in [-0.1, -0.05) is 12.1 Å². The maximum atomic E-state index is 13.0. The molecule has 5 nitrogen and oxygen atoms in total. The second-order valence-corrected chi connectivity index (χ2v) is 5.47. The van der Waals surface area contributed by atoms with Gasteiger partial charge in [-0.05, 0) is 17.7 Å². The normalized spacial score (nSPS) is 15.9. The molecule has 23 heavy (non-hydrogen) atoms. The van der Waals surface area contributed by atoms with Crippen molar-refractivity contribution in [3.63, 3.8) is 0 Å². The molecule has 0 atom stereocenters. The van der Waals surface area contributed by atoms with Gasteiger partial charge in [-0.15, -0.1) is 0 Å². The highest BCUT2D eigenvalue weighted by molar-refractivity contribution is 6.03. The van der Waals surface area contributed by atoms with Gasteiger partial charge in [-0.25, -0.2) is 4.39 Å². The Morgan fingerprint density at radius 1 is 1.09 bits per heavy atom. The highest BCUT2D eigenvalue weighted by Crippen LogP contribution is 2.41. The summed E-state index contributed by atoms with van der Waals surface area (Å²) >= 11 is 0. The molecule has 0 spiro atoms. The number of hydrogen-bond acceptors (Lipinski definition) is 4. The average molecular weight is 314 g/mol. The molecule has 0 aromatic heterocycles. The van der Waals surface area contributed by atoms with Crippen molar-refractivity contribution in [1.82, 2.24) is 0 Å². The van der Waals surface area contributed by atoms with Crippen molar-refractivity contribution in [3.05, 3.63) is 47.8 Å². The molecule has 2 aliphatic rings. The van der Waals surface area contributed by atoms with Crippen molar-refractivity contribution in [2.24, 2.45) is 0 Å². The quantitative estimate of drug-likeness (QED) is 0.925. The molecule has 2 aromatic rings. The van der Waals surface area contributed by atoms with E-state index in [0.717, 1.165) is 16.9 Å². The SMILES string of the molecule is O=C1CNc2cc3c(cc2N1Cc1ccc(F)cc1)OCCO3. The molecule has 6 heteroatoms. The molecule has 2 heterocycles. The van der Waals surface area contributed by atoms with Crippen molar-refractivity contribution in [2.75, 3.05) is 30.0 Å². The molecule has 0 aliphatic carbocycles. The number of halogens is 1. The van der Waals surface area contributed by atoms with E-state index in [0.29, 0.717) is 31.3 Å². The first-order valence-corrected chi connectivity index (χ1v) is 7.43. The molecule has 2 aliphatic heterocycles. The second kappa shape index (κ2) is 5.46. The Kier molecular flexibility index (Phi) is 3.29. The van der Waals surface area contributed by atoms with Crippen molar-refractivity contribution < 1.29 is 18.7 Å². The number of nitrogens with one attached hydrogen (secondary N) is 1. The molecule has 1 amide bonds. The predicted octanol–water partition coefficient (Wildman–Crippen LogP) is 2.56. The molecule has 0 saturated heterocycles. The molecule has 2 aromatic carbocycles. The first kappa shape index (κ1) is 13.9. The van der Waals surface area contributed by atoms with Crippen LogP contribution in [-0.4, -0.2) is 25.7 Å². The third-order valence-corrected chi connectivity index (χ3v) is 3.94. The lowest BCUT2D eigenvalue weighted by Gasteiger charge is -2.32. The standard InChI is InChI=1S/C17H15FN2O3/c18-12-3-1-11(2-4-12)10-20-14-8-16-15(22-5-6-23-16)7-13(14)19-9-17(20)21/h1-4,7-8,19H,5-6,9-10H2. The van der Waals surface area contributed by atoms with Gasteiger partial charge in [0.05, 0.1) is 24.5 Å². The van der Waals surface area contributed by atoms with Gasteiger partial charge in [-0.3, -0.25) is 4.79 Å². The van der Waals surface area contributed by atoms with Gasteiger partial charge in [-0.2, -0.15) is 0 Å². The van der Waals surface area contributed by atoms with Crippen LogP contribution in [0, 0.1) is 5.82 Å². The smallest absolute Gasteiger partial charge is 0.246 e. The van der Waals surface area contributed by atoms with Crippen LogP contribution < -0.4 is 19.7 Å². The van der Waals surface area contributed by atoms with Gasteiger partial charge in [0.25, 0.3) is 0 Å². The molecule has 0 fully saturated rings. The lowest BCUT2D eigenvalue weighted by molar-refractivity contribution is -0.117. The molecule has 118 valence electrons. The van der Waals surface area contributed by atoms with Crippen LogP contribution in [0.1, 0.15) is 5.56 Å². The zero-order valence-corrected chi connectivity index (χ0v) is 12.3. The number of amides is 1. The molecular weight excluding hydrogens is 299 g/mol. The van der Waals surface area contributed by atoms with E-state index in [1.165, 1.54) is 12.1 Å². The summed E-state index contributed by atoms with van der Waals surface area (Å²) in [6.07, 6.45) is 0. The lowest BCUT2D eigenvalue weighted by Crippen LogP contribution is -2.39. The molecule has 1 N–H and O–H groups in total. The Labute approximate surface area is 132 Å². The Bertz CT molecular complexity index is 761. The van der Waals surface area contributed by atoms with Crippen LogP contribution in [-0.2, 0) is 11.3 Å². The van der Waals surface area contributed by atoms with E-state index in [-0.39, 0.29) is 18.3 Å². The van der Waals surface area contributed by atoms with Gasteiger partial charge in [0, 0.05) is 12.1 Å². The molecular formula is C17H15FN2O3. The van der Waals surface area contributed by atoms with Gasteiger partial charge in [0.2, 0.25) is 5.91 Å². The van der Waals surface area contributed by atoms with Gasteiger partial charge in [0.15, 0.2) is 11.5 Å². The van der Waals surface area contributed by atoms with E-state index in [1.54, 1.807) is 17.0 Å². The molecule has 4 rings (SSSR count). The summed E-state index contributed by atoms with van der Waals surface area (Å²) in [7, 11) is 0. The zero-order valence-electron chi connectivity index (χ0n) is 12.3. The summed E-state index contributed by atoms with van der Waals surface area (Å²) in [5.74, 6) is 0.980. The third-order valence-electron chi connectivity index (χ3n) is 3.94. The highest BCUT2D eigenvalue weighted by Gasteiger charge is 2.27. The first-order chi connectivity index (χ1) is 11.2. The zero-order chi connectivity index (χ0) is 15.8. The van der Waals surface area contributed by atoms with E-state index >= 15 is 0 Å². The highest BCUT2D eigenvalue weighted by atomic mass is 19.1. The number of ether oxygens (including phenoxy) is 2. The van der Waals surface area contributed by atoms with Crippen molar-refractivity contribution in [1.29, 1.82) is 0 Å². The van der Waals surface area contributed by atoms with Crippen LogP contribution in [0.15, 0.2) is 36.4 Å². The number of rotatable bonds is 2. The van der Waals surface area contributed by atoms with Crippen molar-refractivity contribution in [2.45, 2.75) is 6.54 Å². The number of hydrogen-bond donors (Lipinski definition) is 1. The fourth-order valence-electron chi connectivity index (χ4n) is 2.79. The van der Waals surface area contributed by atoms with Crippen LogP contribution in [0.2, 0.25) is 0 Å². The fourth-order valence-corrected chi connectivity index (χ4v) is 2.79. The van der Waals surface area contributed by atoms with Crippen LogP contribution in [0.4, 0.5) is 15.8 Å².